The summed E-state index contributed by atoms with van der Waals surface area (Å²) in [5.41, 5.74) is 1.25. The number of carbonyl (C=O) groups is 2. The van der Waals surface area contributed by atoms with Crippen LogP contribution in [0.2, 0.25) is 0 Å². The Morgan fingerprint density at radius 2 is 2.09 bits per heavy atom. The Kier molecular flexibility index (Phi) is 6.31. The average molecular weight is 320 g/mol. The quantitative estimate of drug-likeness (QED) is 0.907. The summed E-state index contributed by atoms with van der Waals surface area (Å²) < 4.78 is 0. The van der Waals surface area contributed by atoms with E-state index in [1.54, 1.807) is 11.8 Å². The van der Waals surface area contributed by atoms with Crippen LogP contribution < -0.4 is 5.32 Å². The van der Waals surface area contributed by atoms with Gasteiger partial charge < -0.3 is 10.2 Å². The van der Waals surface area contributed by atoms with Gasteiger partial charge in [0.1, 0.15) is 0 Å². The highest BCUT2D eigenvalue weighted by Crippen LogP contribution is 2.28. The topological polar surface area (TPSA) is 49.4 Å². The smallest absolute Gasteiger partial charge is 0.232 e. The summed E-state index contributed by atoms with van der Waals surface area (Å²) in [5, 5.41) is 3.22. The molecule has 1 aromatic rings. The number of rotatable bonds is 5. The highest BCUT2D eigenvalue weighted by Gasteiger charge is 2.24. The number of nitrogens with one attached hydrogen (secondary N) is 1. The molecule has 1 N–H and O–H groups in total. The highest BCUT2D eigenvalue weighted by atomic mass is 32.2. The van der Waals surface area contributed by atoms with Crippen molar-refractivity contribution in [2.75, 3.05) is 18.8 Å². The van der Waals surface area contributed by atoms with Gasteiger partial charge in [0.25, 0.3) is 0 Å². The maximum absolute atomic E-state index is 12.4. The first kappa shape index (κ1) is 16.9. The molecule has 0 aromatic heterocycles. The summed E-state index contributed by atoms with van der Waals surface area (Å²) in [6.07, 6.45) is 1.91. The van der Waals surface area contributed by atoms with Gasteiger partial charge >= 0.3 is 0 Å². The van der Waals surface area contributed by atoms with Crippen LogP contribution in [0.4, 0.5) is 0 Å². The van der Waals surface area contributed by atoms with Crippen molar-refractivity contribution < 1.29 is 9.59 Å². The molecule has 2 amide bonds. The molecule has 0 radical (unpaired) electrons. The number of nitrogens with zero attached hydrogens (tertiary/aromatic N) is 1. The number of benzene rings is 1. The molecule has 0 bridgehead atoms. The number of likely N-dealkylation sites (tertiary alicyclic amines) is 1. The van der Waals surface area contributed by atoms with Gasteiger partial charge in [-0.3, -0.25) is 9.59 Å². The molecule has 2 atom stereocenters. The Morgan fingerprint density at radius 3 is 2.77 bits per heavy atom. The van der Waals surface area contributed by atoms with Crippen LogP contribution in [0.5, 0.6) is 0 Å². The van der Waals surface area contributed by atoms with Crippen LogP contribution in [-0.4, -0.2) is 41.6 Å². The third-order valence-corrected chi connectivity index (χ3v) is 5.09. The van der Waals surface area contributed by atoms with E-state index in [9.17, 15) is 9.59 Å². The van der Waals surface area contributed by atoms with Crippen LogP contribution in [0, 0.1) is 0 Å². The van der Waals surface area contributed by atoms with Crippen molar-refractivity contribution in [1.29, 1.82) is 0 Å². The van der Waals surface area contributed by atoms with Crippen molar-refractivity contribution >= 4 is 23.6 Å². The Hall–Kier alpha value is -1.49. The highest BCUT2D eigenvalue weighted by molar-refractivity contribution is 8.00. The van der Waals surface area contributed by atoms with Gasteiger partial charge in [0.2, 0.25) is 11.8 Å². The average Bonchev–Trinajstić information content (AvgIpc) is 2.52. The summed E-state index contributed by atoms with van der Waals surface area (Å²) >= 11 is 1.67. The monoisotopic (exact) mass is 320 g/mol. The van der Waals surface area contributed by atoms with Gasteiger partial charge in [-0.05, 0) is 25.3 Å². The lowest BCUT2D eigenvalue weighted by atomic mass is 10.1. The van der Waals surface area contributed by atoms with Crippen LogP contribution >= 0.6 is 11.8 Å². The van der Waals surface area contributed by atoms with Gasteiger partial charge in [0, 0.05) is 31.3 Å². The van der Waals surface area contributed by atoms with Gasteiger partial charge in [-0.1, -0.05) is 30.3 Å². The van der Waals surface area contributed by atoms with E-state index in [4.69, 9.17) is 0 Å². The molecule has 0 saturated carbocycles. The molecule has 0 aliphatic carbocycles. The van der Waals surface area contributed by atoms with Crippen molar-refractivity contribution in [1.82, 2.24) is 10.2 Å². The van der Waals surface area contributed by atoms with E-state index in [0.717, 1.165) is 19.4 Å². The second-order valence-corrected chi connectivity index (χ2v) is 7.07. The third-order valence-electron chi connectivity index (χ3n) is 3.91. The SMILES string of the molecule is CC(=O)N[C@H]1CCCN(C(=O)CS[C@@H](C)c2ccccc2)C1. The van der Waals surface area contributed by atoms with Crippen molar-refractivity contribution in [2.24, 2.45) is 0 Å². The molecule has 1 aromatic carbocycles. The standard InChI is InChI=1S/C17H24N2O2S/c1-13(15-7-4-3-5-8-15)22-12-17(21)19-10-6-9-16(11-19)18-14(2)20/h3-5,7-8,13,16H,6,9-12H2,1-2H3,(H,18,20)/t13-,16-/m0/s1. The molecule has 120 valence electrons. The van der Waals surface area contributed by atoms with Crippen molar-refractivity contribution in [2.45, 2.75) is 38.0 Å². The van der Waals surface area contributed by atoms with Crippen LogP contribution in [0.3, 0.4) is 0 Å². The maximum atomic E-state index is 12.4. The predicted molar refractivity (Wildman–Crippen MR) is 90.7 cm³/mol. The summed E-state index contributed by atoms with van der Waals surface area (Å²) in [4.78, 5) is 25.4. The van der Waals surface area contributed by atoms with Gasteiger partial charge in [-0.2, -0.15) is 0 Å². The van der Waals surface area contributed by atoms with Crippen LogP contribution in [0.15, 0.2) is 30.3 Å². The molecule has 22 heavy (non-hydrogen) atoms. The van der Waals surface area contributed by atoms with Gasteiger partial charge in [-0.15, -0.1) is 11.8 Å². The first-order chi connectivity index (χ1) is 10.6. The summed E-state index contributed by atoms with van der Waals surface area (Å²) in [7, 11) is 0. The molecule has 5 heteroatoms. The predicted octanol–water partition coefficient (Wildman–Crippen LogP) is 2.61. The zero-order valence-corrected chi connectivity index (χ0v) is 14.1. The summed E-state index contributed by atoms with van der Waals surface area (Å²) in [6, 6.07) is 10.3. The number of piperidine rings is 1. The van der Waals surface area contributed by atoms with Crippen LogP contribution in [-0.2, 0) is 9.59 Å². The van der Waals surface area contributed by atoms with Crippen LogP contribution in [0.1, 0.15) is 37.5 Å². The largest absolute Gasteiger partial charge is 0.352 e. The van der Waals surface area contributed by atoms with E-state index >= 15 is 0 Å². The van der Waals surface area contributed by atoms with Crippen molar-refractivity contribution in [3.8, 4) is 0 Å². The fourth-order valence-corrected chi connectivity index (χ4v) is 3.64. The minimum absolute atomic E-state index is 0.0219. The number of thioether (sulfide) groups is 1. The second kappa shape index (κ2) is 8.22. The van der Waals surface area contributed by atoms with E-state index in [2.05, 4.69) is 24.4 Å². The van der Waals surface area contributed by atoms with E-state index < -0.39 is 0 Å². The fraction of sp³-hybridized carbons (Fsp3) is 0.529. The van der Waals surface area contributed by atoms with E-state index in [1.165, 1.54) is 12.5 Å². The summed E-state index contributed by atoms with van der Waals surface area (Å²) in [6.45, 7) is 5.09. The minimum Gasteiger partial charge on any atom is -0.352 e. The van der Waals surface area contributed by atoms with Crippen molar-refractivity contribution in [3.63, 3.8) is 0 Å². The van der Waals surface area contributed by atoms with Crippen LogP contribution in [0.25, 0.3) is 0 Å². The minimum atomic E-state index is -0.0219. The molecule has 1 fully saturated rings. The molecule has 1 saturated heterocycles. The number of hydrogen-bond donors (Lipinski definition) is 1. The van der Waals surface area contributed by atoms with Gasteiger partial charge in [0.15, 0.2) is 0 Å². The Bertz CT molecular complexity index is 507. The van der Waals surface area contributed by atoms with Crippen molar-refractivity contribution in [3.05, 3.63) is 35.9 Å². The molecule has 1 heterocycles. The van der Waals surface area contributed by atoms with E-state index in [1.807, 2.05) is 23.1 Å². The zero-order valence-electron chi connectivity index (χ0n) is 13.2. The third kappa shape index (κ3) is 5.05. The molecule has 0 unspecified atom stereocenters. The first-order valence-corrected chi connectivity index (χ1v) is 8.82. The molecular weight excluding hydrogens is 296 g/mol. The normalized spacial score (nSPS) is 19.5. The zero-order chi connectivity index (χ0) is 15.9. The molecule has 1 aliphatic heterocycles. The Labute approximate surface area is 136 Å². The molecular formula is C17H24N2O2S. The Morgan fingerprint density at radius 1 is 1.36 bits per heavy atom. The van der Waals surface area contributed by atoms with Gasteiger partial charge in [-0.25, -0.2) is 0 Å². The molecule has 1 aliphatic rings. The lowest BCUT2D eigenvalue weighted by Gasteiger charge is -2.33. The molecule has 2 rings (SSSR count). The lowest BCUT2D eigenvalue weighted by molar-refractivity contribution is -0.130. The second-order valence-electron chi connectivity index (χ2n) is 5.74. The molecule has 4 nitrogen and oxygen atoms in total. The summed E-state index contributed by atoms with van der Waals surface area (Å²) in [5.74, 6) is 0.636. The number of amides is 2. The van der Waals surface area contributed by atoms with E-state index in [0.29, 0.717) is 17.5 Å². The first-order valence-electron chi connectivity index (χ1n) is 7.77. The number of hydrogen-bond acceptors (Lipinski definition) is 3. The van der Waals surface area contributed by atoms with E-state index in [-0.39, 0.29) is 17.9 Å². The maximum Gasteiger partial charge on any atom is 0.232 e. The number of carbonyl (C=O) groups excluding carboxylic acids is 2. The Balaban J connectivity index is 1.80. The van der Waals surface area contributed by atoms with Gasteiger partial charge in [0.05, 0.1) is 5.75 Å². The lowest BCUT2D eigenvalue weighted by Crippen LogP contribution is -2.49. The fourth-order valence-electron chi connectivity index (χ4n) is 2.72. The molecule has 0 spiro atoms.